The summed E-state index contributed by atoms with van der Waals surface area (Å²) < 4.78 is 0. The third-order valence-electron chi connectivity index (χ3n) is 11.8. The Bertz CT molecular complexity index is 1000. The van der Waals surface area contributed by atoms with Gasteiger partial charge in [-0.15, -0.1) is 0 Å². The third-order valence-corrected chi connectivity index (χ3v) is 11.8. The van der Waals surface area contributed by atoms with Gasteiger partial charge in [0.1, 0.15) is 0 Å². The van der Waals surface area contributed by atoms with Crippen LogP contribution in [0.4, 0.5) is 4.79 Å². The summed E-state index contributed by atoms with van der Waals surface area (Å²) in [5.41, 5.74) is 2.85. The lowest BCUT2D eigenvalue weighted by molar-refractivity contribution is -0.117. The fraction of sp³-hybridized carbons (Fsp3) is 0.848. The molecule has 0 aromatic rings. The zero-order valence-electron chi connectivity index (χ0n) is 25.4. The van der Waals surface area contributed by atoms with Gasteiger partial charge < -0.3 is 10.2 Å². The molecule has 4 aliphatic carbocycles. The number of nitrogens with zero attached hydrogens (tertiary/aromatic N) is 2. The van der Waals surface area contributed by atoms with E-state index in [1.165, 1.54) is 37.7 Å². The summed E-state index contributed by atoms with van der Waals surface area (Å²) >= 11 is 0. The van der Waals surface area contributed by atoms with Gasteiger partial charge in [-0.25, -0.2) is 4.79 Å². The molecular weight excluding hydrogens is 486 g/mol. The van der Waals surface area contributed by atoms with Gasteiger partial charge in [0.2, 0.25) is 0 Å². The Kier molecular flexibility index (Phi) is 8.35. The van der Waals surface area contributed by atoms with Gasteiger partial charge >= 0.3 is 6.09 Å². The molecule has 1 N–H and O–H groups in total. The Labute approximate surface area is 236 Å². The molecule has 0 aromatic carbocycles. The molecular formula is C33H53N3O3. The molecule has 6 heteroatoms. The van der Waals surface area contributed by atoms with Crippen LogP contribution in [0.15, 0.2) is 16.8 Å². The average Bonchev–Trinajstić information content (AvgIpc) is 3.47. The van der Waals surface area contributed by atoms with E-state index in [4.69, 9.17) is 4.84 Å². The van der Waals surface area contributed by atoms with Crippen LogP contribution in [0.2, 0.25) is 0 Å². The number of carbonyl (C=O) groups is 2. The summed E-state index contributed by atoms with van der Waals surface area (Å²) in [6, 6.07) is 0.487. The molecule has 5 rings (SSSR count). The molecule has 2 unspecified atom stereocenters. The smallest absolute Gasteiger partial charge is 0.314 e. The summed E-state index contributed by atoms with van der Waals surface area (Å²) in [6.07, 6.45) is 12.7. The van der Waals surface area contributed by atoms with Gasteiger partial charge in [-0.05, 0) is 118 Å². The van der Waals surface area contributed by atoms with E-state index < -0.39 is 0 Å². The molecule has 6 nitrogen and oxygen atoms in total. The first kappa shape index (κ1) is 28.8. The predicted molar refractivity (Wildman–Crippen MR) is 156 cm³/mol. The summed E-state index contributed by atoms with van der Waals surface area (Å²) in [5.74, 6) is 3.92. The number of ketones is 1. The zero-order valence-corrected chi connectivity index (χ0v) is 25.4. The van der Waals surface area contributed by atoms with Crippen LogP contribution in [-0.4, -0.2) is 48.2 Å². The van der Waals surface area contributed by atoms with E-state index in [1.807, 2.05) is 11.0 Å². The maximum atomic E-state index is 13.2. The Morgan fingerprint density at radius 2 is 1.95 bits per heavy atom. The average molecular weight is 540 g/mol. The standard InChI is InChI=1S/C33H53N3O3/c1-21(2)20-36(16-13-25-17-22(3)19-34-25)31(38)39-35-23(4)28-9-10-29-27-8-7-24-18-26(37)11-14-32(24,5)30(27)12-15-33(28,29)6/h18,21-22,25,27-30,34H,7-17,19-20H2,1-6H3/b35-23+/t22?,25?,27-,28+,29-,30-,32-,33+/m0/s1. The number of oxime groups is 1. The number of amides is 1. The molecule has 3 saturated carbocycles. The number of fused-ring (bicyclic) bond motifs is 5. The monoisotopic (exact) mass is 539 g/mol. The Hall–Kier alpha value is -1.69. The van der Waals surface area contributed by atoms with Crippen molar-refractivity contribution in [3.8, 4) is 0 Å². The molecule has 1 heterocycles. The van der Waals surface area contributed by atoms with Crippen molar-refractivity contribution in [2.45, 2.75) is 112 Å². The molecule has 0 radical (unpaired) electrons. The lowest BCUT2D eigenvalue weighted by Crippen LogP contribution is -2.51. The topological polar surface area (TPSA) is 71.0 Å². The van der Waals surface area contributed by atoms with Crippen LogP contribution < -0.4 is 5.32 Å². The first-order valence-corrected chi connectivity index (χ1v) is 16.0. The van der Waals surface area contributed by atoms with Gasteiger partial charge in [-0.2, -0.15) is 0 Å². The first-order chi connectivity index (χ1) is 18.5. The van der Waals surface area contributed by atoms with Crippen LogP contribution in [0.5, 0.6) is 0 Å². The van der Waals surface area contributed by atoms with Crippen molar-refractivity contribution in [3.63, 3.8) is 0 Å². The minimum Gasteiger partial charge on any atom is -0.314 e. The van der Waals surface area contributed by atoms with Crippen molar-refractivity contribution < 1.29 is 14.4 Å². The summed E-state index contributed by atoms with van der Waals surface area (Å²) in [6.45, 7) is 16.1. The molecule has 1 amide bonds. The largest absolute Gasteiger partial charge is 0.435 e. The van der Waals surface area contributed by atoms with Gasteiger partial charge in [-0.3, -0.25) is 9.63 Å². The summed E-state index contributed by atoms with van der Waals surface area (Å²) in [4.78, 5) is 32.8. The minimum atomic E-state index is -0.302. The lowest BCUT2D eigenvalue weighted by atomic mass is 9.46. The molecule has 5 aliphatic rings. The van der Waals surface area contributed by atoms with Gasteiger partial charge in [0, 0.05) is 31.5 Å². The third kappa shape index (κ3) is 5.61. The molecule has 0 spiro atoms. The molecule has 39 heavy (non-hydrogen) atoms. The highest BCUT2D eigenvalue weighted by molar-refractivity contribution is 5.91. The van der Waals surface area contributed by atoms with Gasteiger partial charge in [0.25, 0.3) is 0 Å². The van der Waals surface area contributed by atoms with E-state index in [-0.39, 0.29) is 16.9 Å². The van der Waals surface area contributed by atoms with E-state index in [1.54, 1.807) is 0 Å². The molecule has 4 fully saturated rings. The van der Waals surface area contributed by atoms with E-state index in [0.717, 1.165) is 50.3 Å². The van der Waals surface area contributed by atoms with Crippen molar-refractivity contribution in [3.05, 3.63) is 11.6 Å². The Morgan fingerprint density at radius 1 is 1.15 bits per heavy atom. The van der Waals surface area contributed by atoms with Crippen LogP contribution in [0.3, 0.4) is 0 Å². The fourth-order valence-electron chi connectivity index (χ4n) is 9.73. The highest BCUT2D eigenvalue weighted by Gasteiger charge is 2.59. The van der Waals surface area contributed by atoms with E-state index in [9.17, 15) is 9.59 Å². The van der Waals surface area contributed by atoms with Crippen LogP contribution >= 0.6 is 0 Å². The number of hydrogen-bond acceptors (Lipinski definition) is 5. The maximum absolute atomic E-state index is 13.2. The van der Waals surface area contributed by atoms with Crippen molar-refractivity contribution in [1.29, 1.82) is 0 Å². The second-order valence-electron chi connectivity index (χ2n) is 14.8. The van der Waals surface area contributed by atoms with Crippen molar-refractivity contribution in [2.75, 3.05) is 19.6 Å². The highest BCUT2D eigenvalue weighted by Crippen LogP contribution is 2.66. The molecule has 0 bridgehead atoms. The van der Waals surface area contributed by atoms with Crippen LogP contribution in [0, 0.1) is 46.3 Å². The fourth-order valence-corrected chi connectivity index (χ4v) is 9.73. The van der Waals surface area contributed by atoms with E-state index >= 15 is 0 Å². The molecule has 1 saturated heterocycles. The van der Waals surface area contributed by atoms with E-state index in [2.05, 4.69) is 52.0 Å². The quantitative estimate of drug-likeness (QED) is 0.215. The first-order valence-electron chi connectivity index (χ1n) is 16.0. The van der Waals surface area contributed by atoms with E-state index in [0.29, 0.717) is 54.5 Å². The van der Waals surface area contributed by atoms with Crippen molar-refractivity contribution in [1.82, 2.24) is 10.2 Å². The van der Waals surface area contributed by atoms with Gasteiger partial charge in [-0.1, -0.05) is 45.3 Å². The van der Waals surface area contributed by atoms with Gasteiger partial charge in [0.15, 0.2) is 5.78 Å². The van der Waals surface area contributed by atoms with Crippen LogP contribution in [0.25, 0.3) is 0 Å². The van der Waals surface area contributed by atoms with Crippen molar-refractivity contribution >= 4 is 17.6 Å². The predicted octanol–water partition coefficient (Wildman–Crippen LogP) is 6.99. The summed E-state index contributed by atoms with van der Waals surface area (Å²) in [5, 5.41) is 8.10. The normalized spacial score (nSPS) is 40.1. The number of rotatable bonds is 7. The van der Waals surface area contributed by atoms with Crippen LogP contribution in [0.1, 0.15) is 106 Å². The highest BCUT2D eigenvalue weighted by atomic mass is 16.7. The van der Waals surface area contributed by atoms with Gasteiger partial charge in [0.05, 0.1) is 5.71 Å². The maximum Gasteiger partial charge on any atom is 0.435 e. The summed E-state index contributed by atoms with van der Waals surface area (Å²) in [7, 11) is 0. The SMILES string of the molecule is C/C(=N\OC(=O)N(CCC1CC(C)CN1)CC(C)C)[C@H]1CC[C@H]2[C@@H]3CCC4=CC(=O)CC[C@]4(C)[C@H]3CC[C@]12C. The van der Waals surface area contributed by atoms with Crippen LogP contribution in [-0.2, 0) is 9.63 Å². The molecule has 0 aromatic heterocycles. The zero-order chi connectivity index (χ0) is 27.9. The molecule has 218 valence electrons. The van der Waals surface area contributed by atoms with Crippen molar-refractivity contribution in [2.24, 2.45) is 51.5 Å². The second-order valence-corrected chi connectivity index (χ2v) is 14.8. The lowest BCUT2D eigenvalue weighted by Gasteiger charge is -2.58. The minimum absolute atomic E-state index is 0.209. The second kappa shape index (κ2) is 11.3. The number of hydrogen-bond donors (Lipinski definition) is 1. The number of allylic oxidation sites excluding steroid dienone is 1. The Balaban J connectivity index is 1.23. The number of carbonyl (C=O) groups excluding carboxylic acids is 2. The number of nitrogens with one attached hydrogen (secondary N) is 1. The molecule has 8 atom stereocenters. The molecule has 1 aliphatic heterocycles. The Morgan fingerprint density at radius 3 is 2.67 bits per heavy atom.